The molecule has 21 heavy (non-hydrogen) atoms. The number of hydrogen-bond donors (Lipinski definition) is 1. The zero-order chi connectivity index (χ0) is 15.2. The molecule has 0 saturated heterocycles. The topological polar surface area (TPSA) is 63.2 Å². The number of aromatic nitrogens is 3. The number of ether oxygens (including phenoxy) is 1. The second-order valence-corrected chi connectivity index (χ2v) is 4.77. The van der Waals surface area contributed by atoms with E-state index in [-0.39, 0.29) is 0 Å². The number of benzene rings is 1. The van der Waals surface area contributed by atoms with Gasteiger partial charge in [-0.3, -0.25) is 0 Å². The van der Waals surface area contributed by atoms with Crippen molar-refractivity contribution < 1.29 is 4.74 Å². The van der Waals surface area contributed by atoms with Crippen molar-refractivity contribution in [2.75, 3.05) is 30.9 Å². The molecule has 0 atom stereocenters. The Kier molecular flexibility index (Phi) is 4.92. The minimum atomic E-state index is 0.304. The van der Waals surface area contributed by atoms with Crippen molar-refractivity contribution in [3.63, 3.8) is 0 Å². The molecule has 0 aliphatic heterocycles. The standard InChI is InChI=1S/C15H21N5O/c1-5-9-16-13-17-14(19-15(18-13)21-4)20(3)12-8-6-7-11(2)10-12/h6-8,10H,5,9H2,1-4H3,(H,16,17,18,19). The summed E-state index contributed by atoms with van der Waals surface area (Å²) in [5.41, 5.74) is 2.20. The molecule has 1 N–H and O–H groups in total. The Bertz CT molecular complexity index is 602. The molecular formula is C15H21N5O. The summed E-state index contributed by atoms with van der Waals surface area (Å²) in [4.78, 5) is 14.9. The van der Waals surface area contributed by atoms with E-state index in [2.05, 4.69) is 46.2 Å². The average Bonchev–Trinajstić information content (AvgIpc) is 2.51. The third-order valence-electron chi connectivity index (χ3n) is 3.01. The highest BCUT2D eigenvalue weighted by molar-refractivity contribution is 5.58. The van der Waals surface area contributed by atoms with Gasteiger partial charge >= 0.3 is 6.01 Å². The van der Waals surface area contributed by atoms with Gasteiger partial charge in [-0.05, 0) is 31.0 Å². The summed E-state index contributed by atoms with van der Waals surface area (Å²) in [6.07, 6.45) is 0.997. The van der Waals surface area contributed by atoms with Gasteiger partial charge < -0.3 is 15.0 Å². The highest BCUT2D eigenvalue weighted by Gasteiger charge is 2.12. The quantitative estimate of drug-likeness (QED) is 0.881. The van der Waals surface area contributed by atoms with Crippen LogP contribution in [0.15, 0.2) is 24.3 Å². The Morgan fingerprint density at radius 2 is 2.05 bits per heavy atom. The lowest BCUT2D eigenvalue weighted by Gasteiger charge is -2.18. The maximum Gasteiger partial charge on any atom is 0.322 e. The highest BCUT2D eigenvalue weighted by atomic mass is 16.5. The zero-order valence-corrected chi connectivity index (χ0v) is 12.9. The van der Waals surface area contributed by atoms with Crippen LogP contribution in [0.1, 0.15) is 18.9 Å². The van der Waals surface area contributed by atoms with Crippen LogP contribution in [0.25, 0.3) is 0 Å². The molecule has 2 rings (SSSR count). The van der Waals surface area contributed by atoms with Gasteiger partial charge in [-0.2, -0.15) is 15.0 Å². The minimum absolute atomic E-state index is 0.304. The molecule has 1 aromatic heterocycles. The van der Waals surface area contributed by atoms with Gasteiger partial charge in [-0.15, -0.1) is 0 Å². The number of aryl methyl sites for hydroxylation is 1. The molecule has 0 unspecified atom stereocenters. The lowest BCUT2D eigenvalue weighted by molar-refractivity contribution is 0.379. The largest absolute Gasteiger partial charge is 0.467 e. The third-order valence-corrected chi connectivity index (χ3v) is 3.01. The van der Waals surface area contributed by atoms with Gasteiger partial charge in [0.05, 0.1) is 7.11 Å². The average molecular weight is 287 g/mol. The van der Waals surface area contributed by atoms with Crippen molar-refractivity contribution in [1.29, 1.82) is 0 Å². The number of rotatable bonds is 6. The van der Waals surface area contributed by atoms with Crippen LogP contribution in [-0.4, -0.2) is 35.7 Å². The van der Waals surface area contributed by atoms with Crippen molar-refractivity contribution in [1.82, 2.24) is 15.0 Å². The van der Waals surface area contributed by atoms with Crippen LogP contribution in [0.3, 0.4) is 0 Å². The van der Waals surface area contributed by atoms with Crippen LogP contribution in [0.2, 0.25) is 0 Å². The first-order chi connectivity index (χ1) is 10.1. The van der Waals surface area contributed by atoms with Gasteiger partial charge in [-0.1, -0.05) is 19.1 Å². The molecule has 1 heterocycles. The van der Waals surface area contributed by atoms with E-state index in [1.54, 1.807) is 7.11 Å². The molecule has 0 saturated carbocycles. The lowest BCUT2D eigenvalue weighted by Crippen LogP contribution is -2.16. The second kappa shape index (κ2) is 6.88. The SMILES string of the molecule is CCCNc1nc(OC)nc(N(C)c2cccc(C)c2)n1. The maximum absolute atomic E-state index is 5.16. The fourth-order valence-electron chi connectivity index (χ4n) is 1.86. The van der Waals surface area contributed by atoms with Crippen LogP contribution in [0, 0.1) is 6.92 Å². The summed E-state index contributed by atoms with van der Waals surface area (Å²) in [5, 5.41) is 3.16. The van der Waals surface area contributed by atoms with Crippen molar-refractivity contribution in [3.05, 3.63) is 29.8 Å². The molecule has 6 nitrogen and oxygen atoms in total. The van der Waals surface area contributed by atoms with E-state index in [0.29, 0.717) is 17.9 Å². The Labute approximate surface area is 125 Å². The second-order valence-electron chi connectivity index (χ2n) is 4.77. The number of anilines is 3. The molecule has 1 aromatic carbocycles. The van der Waals surface area contributed by atoms with E-state index >= 15 is 0 Å². The van der Waals surface area contributed by atoms with Gasteiger partial charge in [0.1, 0.15) is 0 Å². The molecule has 0 radical (unpaired) electrons. The summed E-state index contributed by atoms with van der Waals surface area (Å²) < 4.78 is 5.16. The number of methoxy groups -OCH3 is 1. The third kappa shape index (κ3) is 3.81. The van der Waals surface area contributed by atoms with Gasteiger partial charge in [-0.25, -0.2) is 0 Å². The van der Waals surface area contributed by atoms with Gasteiger partial charge in [0.15, 0.2) is 0 Å². The number of hydrogen-bond acceptors (Lipinski definition) is 6. The zero-order valence-electron chi connectivity index (χ0n) is 12.9. The van der Waals surface area contributed by atoms with E-state index in [1.165, 1.54) is 5.56 Å². The van der Waals surface area contributed by atoms with Crippen LogP contribution < -0.4 is 15.0 Å². The van der Waals surface area contributed by atoms with Crippen molar-refractivity contribution >= 4 is 17.6 Å². The Morgan fingerprint density at radius 3 is 2.71 bits per heavy atom. The first kappa shape index (κ1) is 15.0. The normalized spacial score (nSPS) is 10.3. The van der Waals surface area contributed by atoms with Gasteiger partial charge in [0.2, 0.25) is 11.9 Å². The predicted octanol–water partition coefficient (Wildman–Crippen LogP) is 2.78. The van der Waals surface area contributed by atoms with Crippen molar-refractivity contribution in [2.24, 2.45) is 0 Å². The summed E-state index contributed by atoms with van der Waals surface area (Å²) in [6.45, 7) is 4.95. The molecule has 0 aliphatic rings. The minimum Gasteiger partial charge on any atom is -0.467 e. The molecule has 2 aromatic rings. The van der Waals surface area contributed by atoms with E-state index in [9.17, 15) is 0 Å². The summed E-state index contributed by atoms with van der Waals surface area (Å²) >= 11 is 0. The molecule has 112 valence electrons. The molecule has 0 amide bonds. The van der Waals surface area contributed by atoms with Crippen molar-refractivity contribution in [3.8, 4) is 6.01 Å². The van der Waals surface area contributed by atoms with Gasteiger partial charge in [0, 0.05) is 19.3 Å². The Hall–Kier alpha value is -2.37. The fourth-order valence-corrected chi connectivity index (χ4v) is 1.86. The van der Waals surface area contributed by atoms with E-state index in [1.807, 2.05) is 24.1 Å². The summed E-state index contributed by atoms with van der Waals surface area (Å²) in [7, 11) is 3.47. The predicted molar refractivity (Wildman–Crippen MR) is 84.4 cm³/mol. The Morgan fingerprint density at radius 1 is 1.24 bits per heavy atom. The lowest BCUT2D eigenvalue weighted by atomic mass is 10.2. The molecule has 0 spiro atoms. The van der Waals surface area contributed by atoms with Crippen LogP contribution in [0.4, 0.5) is 17.6 Å². The first-order valence-electron chi connectivity index (χ1n) is 6.98. The number of nitrogens with one attached hydrogen (secondary N) is 1. The van der Waals surface area contributed by atoms with E-state index in [4.69, 9.17) is 4.74 Å². The first-order valence-corrected chi connectivity index (χ1v) is 6.98. The molecular weight excluding hydrogens is 266 g/mol. The fraction of sp³-hybridized carbons (Fsp3) is 0.400. The monoisotopic (exact) mass is 287 g/mol. The maximum atomic E-state index is 5.16. The van der Waals surface area contributed by atoms with Crippen LogP contribution in [-0.2, 0) is 0 Å². The highest BCUT2D eigenvalue weighted by Crippen LogP contribution is 2.23. The molecule has 0 aliphatic carbocycles. The molecule has 0 fully saturated rings. The van der Waals surface area contributed by atoms with Crippen molar-refractivity contribution in [2.45, 2.75) is 20.3 Å². The van der Waals surface area contributed by atoms with E-state index < -0.39 is 0 Å². The summed E-state index contributed by atoms with van der Waals surface area (Å²) in [6, 6.07) is 8.46. The number of nitrogens with zero attached hydrogens (tertiary/aromatic N) is 4. The van der Waals surface area contributed by atoms with Gasteiger partial charge in [0.25, 0.3) is 0 Å². The van der Waals surface area contributed by atoms with Crippen LogP contribution >= 0.6 is 0 Å². The smallest absolute Gasteiger partial charge is 0.322 e. The van der Waals surface area contributed by atoms with Crippen LogP contribution in [0.5, 0.6) is 6.01 Å². The summed E-state index contributed by atoms with van der Waals surface area (Å²) in [5.74, 6) is 1.07. The van der Waals surface area contributed by atoms with E-state index in [0.717, 1.165) is 18.7 Å². The molecule has 0 bridgehead atoms. The molecule has 6 heteroatoms. The Balaban J connectivity index is 2.32.